The summed E-state index contributed by atoms with van der Waals surface area (Å²) in [6.45, 7) is 1.58. The third-order valence-corrected chi connectivity index (χ3v) is 5.47. The third kappa shape index (κ3) is 3.45. The molecule has 0 bridgehead atoms. The van der Waals surface area contributed by atoms with Gasteiger partial charge in [0.25, 0.3) is 0 Å². The quantitative estimate of drug-likeness (QED) is 0.605. The van der Waals surface area contributed by atoms with E-state index in [-0.39, 0.29) is 23.6 Å². The zero-order chi connectivity index (χ0) is 20.1. The number of nitrogens with one attached hydrogen (secondary N) is 2. The van der Waals surface area contributed by atoms with Crippen LogP contribution in [0.3, 0.4) is 0 Å². The fourth-order valence-corrected chi connectivity index (χ4v) is 4.21. The standard InChI is InChI=1S/C20H18F6N2/c21-19(22,23)12-8-11(9-13(10-12)20(24,25)26)14-2-1-3-17-18(14)15-4-6-27-7-5-16(15)28-17/h1-3,8-10,15-16,27-28H,4-7H2/t15-,16-/m0/s1. The van der Waals surface area contributed by atoms with Crippen molar-refractivity contribution < 1.29 is 26.3 Å². The van der Waals surface area contributed by atoms with Crippen LogP contribution in [0.5, 0.6) is 0 Å². The van der Waals surface area contributed by atoms with Crippen molar-refractivity contribution in [3.05, 3.63) is 53.1 Å². The molecule has 0 amide bonds. The molecule has 150 valence electrons. The smallest absolute Gasteiger partial charge is 0.381 e. The number of hydrogen-bond acceptors (Lipinski definition) is 2. The third-order valence-electron chi connectivity index (χ3n) is 5.47. The molecule has 8 heteroatoms. The molecule has 0 spiro atoms. The molecule has 2 nitrogen and oxygen atoms in total. The zero-order valence-electron chi connectivity index (χ0n) is 14.7. The van der Waals surface area contributed by atoms with Gasteiger partial charge >= 0.3 is 12.4 Å². The number of halogens is 6. The van der Waals surface area contributed by atoms with Crippen molar-refractivity contribution >= 4 is 5.69 Å². The van der Waals surface area contributed by atoms with Gasteiger partial charge in [0.1, 0.15) is 0 Å². The van der Waals surface area contributed by atoms with Crippen molar-refractivity contribution in [1.29, 1.82) is 0 Å². The van der Waals surface area contributed by atoms with Gasteiger partial charge in [-0.15, -0.1) is 0 Å². The number of benzene rings is 2. The Morgan fingerprint density at radius 2 is 1.46 bits per heavy atom. The van der Waals surface area contributed by atoms with Gasteiger partial charge in [-0.25, -0.2) is 0 Å². The highest BCUT2D eigenvalue weighted by atomic mass is 19.4. The number of rotatable bonds is 1. The van der Waals surface area contributed by atoms with Crippen molar-refractivity contribution in [3.63, 3.8) is 0 Å². The summed E-state index contributed by atoms with van der Waals surface area (Å²) in [7, 11) is 0. The Balaban J connectivity index is 1.88. The highest BCUT2D eigenvalue weighted by Gasteiger charge is 2.39. The molecule has 2 aliphatic rings. The largest absolute Gasteiger partial charge is 0.416 e. The van der Waals surface area contributed by atoms with Crippen LogP contribution in [0.2, 0.25) is 0 Å². The molecule has 2 heterocycles. The Bertz CT molecular complexity index is 855. The van der Waals surface area contributed by atoms with E-state index < -0.39 is 23.5 Å². The molecule has 0 unspecified atom stereocenters. The van der Waals surface area contributed by atoms with E-state index in [0.29, 0.717) is 5.56 Å². The molecule has 2 aromatic rings. The predicted molar refractivity (Wildman–Crippen MR) is 94.1 cm³/mol. The van der Waals surface area contributed by atoms with Crippen LogP contribution < -0.4 is 10.6 Å². The highest BCUT2D eigenvalue weighted by Crippen LogP contribution is 2.47. The van der Waals surface area contributed by atoms with Crippen molar-refractivity contribution in [3.8, 4) is 11.1 Å². The van der Waals surface area contributed by atoms with E-state index in [0.717, 1.165) is 49.3 Å². The SMILES string of the molecule is FC(F)(F)c1cc(-c2cccc3c2[C@H]2CCNCC[C@@H]2N3)cc(C(F)(F)F)c1. The lowest BCUT2D eigenvalue weighted by atomic mass is 9.85. The highest BCUT2D eigenvalue weighted by molar-refractivity contribution is 5.78. The van der Waals surface area contributed by atoms with Gasteiger partial charge in [-0.05, 0) is 66.9 Å². The van der Waals surface area contributed by atoms with E-state index in [4.69, 9.17) is 0 Å². The van der Waals surface area contributed by atoms with Crippen molar-refractivity contribution in [2.24, 2.45) is 0 Å². The number of anilines is 1. The van der Waals surface area contributed by atoms with Crippen molar-refractivity contribution in [1.82, 2.24) is 5.32 Å². The molecule has 4 rings (SSSR count). The summed E-state index contributed by atoms with van der Waals surface area (Å²) in [5.41, 5.74) is -0.612. The van der Waals surface area contributed by atoms with Crippen LogP contribution in [-0.2, 0) is 12.4 Å². The molecular formula is C20H18F6N2. The van der Waals surface area contributed by atoms with Gasteiger partial charge < -0.3 is 10.6 Å². The van der Waals surface area contributed by atoms with Gasteiger partial charge in [-0.3, -0.25) is 0 Å². The molecule has 1 fully saturated rings. The summed E-state index contributed by atoms with van der Waals surface area (Å²) in [4.78, 5) is 0. The molecule has 0 saturated carbocycles. The first kappa shape index (κ1) is 19.1. The van der Waals surface area contributed by atoms with Gasteiger partial charge in [-0.1, -0.05) is 12.1 Å². The van der Waals surface area contributed by atoms with E-state index in [1.807, 2.05) is 6.07 Å². The van der Waals surface area contributed by atoms with Crippen molar-refractivity contribution in [2.45, 2.75) is 37.2 Å². The predicted octanol–water partition coefficient (Wildman–Crippen LogP) is 5.65. The van der Waals surface area contributed by atoms with Crippen LogP contribution in [0.4, 0.5) is 32.0 Å². The van der Waals surface area contributed by atoms with E-state index in [2.05, 4.69) is 10.6 Å². The second-order valence-corrected chi connectivity index (χ2v) is 7.25. The maximum atomic E-state index is 13.3. The Kier molecular flexibility index (Phi) is 4.56. The van der Waals surface area contributed by atoms with Crippen LogP contribution in [0.1, 0.15) is 35.4 Å². The summed E-state index contributed by atoms with van der Waals surface area (Å²) in [5, 5.41) is 6.68. The first-order valence-corrected chi connectivity index (χ1v) is 9.04. The first-order chi connectivity index (χ1) is 13.1. The summed E-state index contributed by atoms with van der Waals surface area (Å²) in [6.07, 6.45) is -8.11. The number of hydrogen-bond donors (Lipinski definition) is 2. The van der Waals surface area contributed by atoms with Crippen LogP contribution in [0, 0.1) is 0 Å². The summed E-state index contributed by atoms with van der Waals surface area (Å²) in [6, 6.07) is 7.02. The van der Waals surface area contributed by atoms with Crippen molar-refractivity contribution in [2.75, 3.05) is 18.4 Å². The minimum Gasteiger partial charge on any atom is -0.381 e. The summed E-state index contributed by atoms with van der Waals surface area (Å²) >= 11 is 0. The molecule has 0 aliphatic carbocycles. The molecule has 28 heavy (non-hydrogen) atoms. The second kappa shape index (κ2) is 6.69. The maximum absolute atomic E-state index is 13.3. The molecule has 2 aliphatic heterocycles. The average molecular weight is 400 g/mol. The van der Waals surface area contributed by atoms with Crippen LogP contribution in [0.25, 0.3) is 11.1 Å². The first-order valence-electron chi connectivity index (χ1n) is 9.04. The number of fused-ring (bicyclic) bond motifs is 3. The molecule has 2 atom stereocenters. The van der Waals surface area contributed by atoms with Crippen LogP contribution in [-0.4, -0.2) is 19.1 Å². The van der Waals surface area contributed by atoms with E-state index in [9.17, 15) is 26.3 Å². The maximum Gasteiger partial charge on any atom is 0.416 e. The second-order valence-electron chi connectivity index (χ2n) is 7.25. The van der Waals surface area contributed by atoms with Crippen LogP contribution >= 0.6 is 0 Å². The molecule has 1 saturated heterocycles. The van der Waals surface area contributed by atoms with Gasteiger partial charge in [0.05, 0.1) is 11.1 Å². The van der Waals surface area contributed by atoms with Gasteiger partial charge in [0.2, 0.25) is 0 Å². The lowest BCUT2D eigenvalue weighted by Gasteiger charge is -2.19. The van der Waals surface area contributed by atoms with Crippen LogP contribution in [0.15, 0.2) is 36.4 Å². The molecular weight excluding hydrogens is 382 g/mol. The van der Waals surface area contributed by atoms with E-state index >= 15 is 0 Å². The molecule has 2 aromatic carbocycles. The minimum atomic E-state index is -4.86. The average Bonchev–Trinajstić information content (AvgIpc) is 2.81. The molecule has 2 N–H and O–H groups in total. The Hall–Kier alpha value is -2.22. The monoisotopic (exact) mass is 400 g/mol. The fourth-order valence-electron chi connectivity index (χ4n) is 4.21. The Labute approximate surface area is 157 Å². The normalized spacial score (nSPS) is 22.2. The lowest BCUT2D eigenvalue weighted by Crippen LogP contribution is -2.21. The number of alkyl halides is 6. The molecule has 0 aromatic heterocycles. The minimum absolute atomic E-state index is 0.0464. The topological polar surface area (TPSA) is 24.1 Å². The lowest BCUT2D eigenvalue weighted by molar-refractivity contribution is -0.143. The summed E-state index contributed by atoms with van der Waals surface area (Å²) in [5.74, 6) is 0.0464. The Morgan fingerprint density at radius 1 is 0.821 bits per heavy atom. The van der Waals surface area contributed by atoms with E-state index in [1.54, 1.807) is 12.1 Å². The Morgan fingerprint density at radius 3 is 2.11 bits per heavy atom. The zero-order valence-corrected chi connectivity index (χ0v) is 14.7. The van der Waals surface area contributed by atoms with Gasteiger partial charge in [-0.2, -0.15) is 26.3 Å². The van der Waals surface area contributed by atoms with Gasteiger partial charge in [0.15, 0.2) is 0 Å². The fraction of sp³-hybridized carbons (Fsp3) is 0.400. The van der Waals surface area contributed by atoms with E-state index in [1.165, 1.54) is 0 Å². The molecule has 0 radical (unpaired) electrons. The van der Waals surface area contributed by atoms with Gasteiger partial charge in [0, 0.05) is 17.6 Å². The summed E-state index contributed by atoms with van der Waals surface area (Å²) < 4.78 is 79.6.